The van der Waals surface area contributed by atoms with Crippen LogP contribution in [0.2, 0.25) is 0 Å². The lowest BCUT2D eigenvalue weighted by atomic mass is 9.78. The van der Waals surface area contributed by atoms with E-state index in [0.717, 1.165) is 18.5 Å². The van der Waals surface area contributed by atoms with Crippen molar-refractivity contribution in [3.8, 4) is 0 Å². The van der Waals surface area contributed by atoms with E-state index in [1.54, 1.807) is 0 Å². The minimum atomic E-state index is 0.0480. The number of nitrogens with one attached hydrogen (secondary N) is 1. The molecule has 0 radical (unpaired) electrons. The first-order valence-corrected chi connectivity index (χ1v) is 8.38. The molecule has 0 aromatic heterocycles. The zero-order valence-electron chi connectivity index (χ0n) is 12.8. The standard InChI is InChI=1S/C18H27N3/c19-18(20)16(14-7-2-1-3-8-14)13-21-12-6-10-15-9-4-5-11-17(15)21/h1-3,7-8,15-17H,4-6,9-13H2,(H3,19,20)/t15-,16?,17-/m1/s1. The Balaban J connectivity index is 1.74. The van der Waals surface area contributed by atoms with E-state index in [9.17, 15) is 0 Å². The third-order valence-corrected chi connectivity index (χ3v) is 5.35. The van der Waals surface area contributed by atoms with Crippen molar-refractivity contribution in [2.24, 2.45) is 11.7 Å². The highest BCUT2D eigenvalue weighted by Gasteiger charge is 2.34. The molecule has 21 heavy (non-hydrogen) atoms. The maximum absolute atomic E-state index is 7.99. The lowest BCUT2D eigenvalue weighted by molar-refractivity contribution is 0.0600. The Morgan fingerprint density at radius 3 is 2.62 bits per heavy atom. The summed E-state index contributed by atoms with van der Waals surface area (Å²) in [7, 11) is 0. The van der Waals surface area contributed by atoms with Gasteiger partial charge in [0.05, 0.1) is 11.8 Å². The van der Waals surface area contributed by atoms with Crippen LogP contribution in [-0.2, 0) is 0 Å². The quantitative estimate of drug-likeness (QED) is 0.658. The molecule has 2 fully saturated rings. The second kappa shape index (κ2) is 6.61. The molecular formula is C18H27N3. The van der Waals surface area contributed by atoms with Crippen molar-refractivity contribution in [3.63, 3.8) is 0 Å². The first-order chi connectivity index (χ1) is 10.3. The summed E-state index contributed by atoms with van der Waals surface area (Å²) in [5.41, 5.74) is 7.09. The Morgan fingerprint density at radius 1 is 1.14 bits per heavy atom. The number of benzene rings is 1. The molecule has 1 saturated carbocycles. The topological polar surface area (TPSA) is 53.1 Å². The van der Waals surface area contributed by atoms with E-state index in [1.807, 2.05) is 18.2 Å². The van der Waals surface area contributed by atoms with Crippen molar-refractivity contribution >= 4 is 5.84 Å². The molecule has 1 aromatic carbocycles. The Morgan fingerprint density at radius 2 is 1.86 bits per heavy atom. The van der Waals surface area contributed by atoms with Gasteiger partial charge in [-0.3, -0.25) is 10.3 Å². The van der Waals surface area contributed by atoms with Gasteiger partial charge in [-0.05, 0) is 43.7 Å². The van der Waals surface area contributed by atoms with Crippen molar-refractivity contribution < 1.29 is 0 Å². The van der Waals surface area contributed by atoms with Crippen molar-refractivity contribution in [1.29, 1.82) is 5.41 Å². The molecule has 1 aliphatic heterocycles. The normalized spacial score (nSPS) is 27.8. The van der Waals surface area contributed by atoms with E-state index >= 15 is 0 Å². The number of hydrogen-bond acceptors (Lipinski definition) is 2. The summed E-state index contributed by atoms with van der Waals surface area (Å²) in [5.74, 6) is 1.24. The summed E-state index contributed by atoms with van der Waals surface area (Å²) in [4.78, 5) is 2.63. The maximum atomic E-state index is 7.99. The van der Waals surface area contributed by atoms with Crippen LogP contribution >= 0.6 is 0 Å². The van der Waals surface area contributed by atoms with Crippen LogP contribution in [0.15, 0.2) is 30.3 Å². The molecule has 1 aromatic rings. The Labute approximate surface area is 128 Å². The van der Waals surface area contributed by atoms with E-state index in [2.05, 4.69) is 17.0 Å². The van der Waals surface area contributed by atoms with Crippen LogP contribution in [0.5, 0.6) is 0 Å². The summed E-state index contributed by atoms with van der Waals surface area (Å²) in [5, 5.41) is 7.99. The fraction of sp³-hybridized carbons (Fsp3) is 0.611. The zero-order valence-corrected chi connectivity index (χ0v) is 12.8. The van der Waals surface area contributed by atoms with Crippen LogP contribution in [-0.4, -0.2) is 29.9 Å². The van der Waals surface area contributed by atoms with Crippen LogP contribution in [0.3, 0.4) is 0 Å². The van der Waals surface area contributed by atoms with Gasteiger partial charge in [0.25, 0.3) is 0 Å². The maximum Gasteiger partial charge on any atom is 0.0995 e. The summed E-state index contributed by atoms with van der Waals surface area (Å²) in [6.45, 7) is 2.10. The number of piperidine rings is 1. The van der Waals surface area contributed by atoms with Gasteiger partial charge < -0.3 is 5.73 Å². The molecule has 1 unspecified atom stereocenters. The van der Waals surface area contributed by atoms with E-state index in [4.69, 9.17) is 11.1 Å². The van der Waals surface area contributed by atoms with Gasteiger partial charge in [-0.15, -0.1) is 0 Å². The highest BCUT2D eigenvalue weighted by atomic mass is 15.2. The molecule has 2 aliphatic rings. The van der Waals surface area contributed by atoms with Gasteiger partial charge in [0.2, 0.25) is 0 Å². The summed E-state index contributed by atoms with van der Waals surface area (Å²) in [6.07, 6.45) is 8.22. The van der Waals surface area contributed by atoms with Crippen molar-refractivity contribution in [2.45, 2.75) is 50.5 Å². The number of likely N-dealkylation sites (tertiary alicyclic amines) is 1. The Bertz CT molecular complexity index is 469. The number of fused-ring (bicyclic) bond motifs is 1. The third kappa shape index (κ3) is 3.29. The lowest BCUT2D eigenvalue weighted by Crippen LogP contribution is -2.49. The molecule has 3 rings (SSSR count). The predicted octanol–water partition coefficient (Wildman–Crippen LogP) is 3.36. The average Bonchev–Trinajstić information content (AvgIpc) is 2.53. The molecular weight excluding hydrogens is 258 g/mol. The van der Waals surface area contributed by atoms with Crippen LogP contribution in [0.25, 0.3) is 0 Å². The van der Waals surface area contributed by atoms with Gasteiger partial charge in [-0.25, -0.2) is 0 Å². The molecule has 1 heterocycles. The van der Waals surface area contributed by atoms with Gasteiger partial charge in [0.1, 0.15) is 0 Å². The molecule has 1 saturated heterocycles. The average molecular weight is 285 g/mol. The Kier molecular flexibility index (Phi) is 4.59. The number of amidine groups is 1. The van der Waals surface area contributed by atoms with Crippen molar-refractivity contribution in [1.82, 2.24) is 4.90 Å². The first-order valence-electron chi connectivity index (χ1n) is 8.38. The van der Waals surface area contributed by atoms with Gasteiger partial charge in [0, 0.05) is 12.6 Å². The van der Waals surface area contributed by atoms with Crippen molar-refractivity contribution in [2.75, 3.05) is 13.1 Å². The monoisotopic (exact) mass is 285 g/mol. The third-order valence-electron chi connectivity index (χ3n) is 5.35. The highest BCUT2D eigenvalue weighted by Crippen LogP contribution is 2.36. The minimum absolute atomic E-state index is 0.0480. The fourth-order valence-electron chi connectivity index (χ4n) is 4.26. The van der Waals surface area contributed by atoms with E-state index in [1.165, 1.54) is 50.6 Å². The number of rotatable bonds is 4. The van der Waals surface area contributed by atoms with Crippen molar-refractivity contribution in [3.05, 3.63) is 35.9 Å². The highest BCUT2D eigenvalue weighted by molar-refractivity contribution is 5.84. The predicted molar refractivity (Wildman–Crippen MR) is 87.7 cm³/mol. The molecule has 3 N–H and O–H groups in total. The number of nitrogens with zero attached hydrogens (tertiary/aromatic N) is 1. The second-order valence-corrected chi connectivity index (χ2v) is 6.67. The molecule has 0 spiro atoms. The minimum Gasteiger partial charge on any atom is -0.387 e. The summed E-state index contributed by atoms with van der Waals surface area (Å²) >= 11 is 0. The van der Waals surface area contributed by atoms with E-state index in [0.29, 0.717) is 5.84 Å². The SMILES string of the molecule is N=C(N)C(CN1CCC[C@H]2CCCC[C@H]21)c1ccccc1. The molecule has 3 atom stereocenters. The Hall–Kier alpha value is -1.35. The molecule has 0 bridgehead atoms. The largest absolute Gasteiger partial charge is 0.387 e. The molecule has 114 valence electrons. The zero-order chi connectivity index (χ0) is 14.7. The molecule has 0 amide bonds. The molecule has 3 heteroatoms. The fourth-order valence-corrected chi connectivity index (χ4v) is 4.26. The summed E-state index contributed by atoms with van der Waals surface area (Å²) in [6, 6.07) is 11.1. The van der Waals surface area contributed by atoms with Gasteiger partial charge >= 0.3 is 0 Å². The first kappa shape index (κ1) is 14.6. The number of hydrogen-bond donors (Lipinski definition) is 2. The summed E-state index contributed by atoms with van der Waals surface area (Å²) < 4.78 is 0. The van der Waals surface area contributed by atoms with E-state index < -0.39 is 0 Å². The lowest BCUT2D eigenvalue weighted by Gasteiger charge is -2.45. The molecule has 3 nitrogen and oxygen atoms in total. The van der Waals surface area contributed by atoms with Crippen LogP contribution in [0.1, 0.15) is 50.0 Å². The smallest absolute Gasteiger partial charge is 0.0995 e. The van der Waals surface area contributed by atoms with Crippen LogP contribution < -0.4 is 5.73 Å². The van der Waals surface area contributed by atoms with E-state index in [-0.39, 0.29) is 5.92 Å². The van der Waals surface area contributed by atoms with Crippen LogP contribution in [0.4, 0.5) is 0 Å². The van der Waals surface area contributed by atoms with Gasteiger partial charge in [-0.1, -0.05) is 43.2 Å². The van der Waals surface area contributed by atoms with Gasteiger partial charge in [0.15, 0.2) is 0 Å². The van der Waals surface area contributed by atoms with Gasteiger partial charge in [-0.2, -0.15) is 0 Å². The molecule has 1 aliphatic carbocycles. The second-order valence-electron chi connectivity index (χ2n) is 6.67. The van der Waals surface area contributed by atoms with Crippen LogP contribution in [0, 0.1) is 11.3 Å². The number of nitrogens with two attached hydrogens (primary N) is 1.